The molecule has 0 unspecified atom stereocenters. The Balaban J connectivity index is 0.000000241. The van der Waals surface area contributed by atoms with Gasteiger partial charge in [-0.2, -0.15) is 0 Å². The molecular formula is C66H93N5O20. The van der Waals surface area contributed by atoms with E-state index in [1.165, 1.54) is 52.0 Å². The average molecular weight is 1280 g/mol. The van der Waals surface area contributed by atoms with Gasteiger partial charge in [-0.3, -0.25) is 24.2 Å². The second kappa shape index (κ2) is 32.5. The molecule has 0 aromatic heterocycles. The molecule has 25 nitrogen and oxygen atoms in total. The Morgan fingerprint density at radius 2 is 1.25 bits per heavy atom. The van der Waals surface area contributed by atoms with Crippen LogP contribution in [0, 0.1) is 0 Å². The van der Waals surface area contributed by atoms with Crippen LogP contribution in [0.1, 0.15) is 100 Å². The maximum atomic E-state index is 14.3. The zero-order valence-electron chi connectivity index (χ0n) is 53.7. The van der Waals surface area contributed by atoms with Crippen LogP contribution in [0.25, 0.3) is 0 Å². The van der Waals surface area contributed by atoms with E-state index < -0.39 is 72.9 Å². The van der Waals surface area contributed by atoms with Crippen molar-refractivity contribution in [2.45, 2.75) is 134 Å². The number of benzene rings is 4. The normalized spacial score (nSPS) is 24.7. The molecule has 5 aliphatic heterocycles. The minimum Gasteiger partial charge on any atom is -0.507 e. The van der Waals surface area contributed by atoms with Gasteiger partial charge in [-0.05, 0) is 90.9 Å². The van der Waals surface area contributed by atoms with Crippen LogP contribution >= 0.6 is 0 Å². The Morgan fingerprint density at radius 1 is 0.648 bits per heavy atom. The molecule has 0 radical (unpaired) electrons. The molecule has 0 aliphatic carbocycles. The van der Waals surface area contributed by atoms with Gasteiger partial charge in [0.2, 0.25) is 18.5 Å². The molecule has 25 heteroatoms. The highest BCUT2D eigenvalue weighted by Gasteiger charge is 2.45. The number of rotatable bonds is 24. The monoisotopic (exact) mass is 1280 g/mol. The number of aliphatic hydroxyl groups excluding tert-OH is 6. The summed E-state index contributed by atoms with van der Waals surface area (Å²) in [5.41, 5.74) is 4.99. The first-order valence-corrected chi connectivity index (χ1v) is 31.2. The van der Waals surface area contributed by atoms with Crippen LogP contribution in [-0.2, 0) is 61.0 Å². The van der Waals surface area contributed by atoms with Gasteiger partial charge in [0.25, 0.3) is 5.91 Å². The third-order valence-electron chi connectivity index (χ3n) is 17.4. The van der Waals surface area contributed by atoms with Gasteiger partial charge in [-0.1, -0.05) is 39.0 Å². The topological polar surface area (TPSA) is 312 Å². The molecule has 4 aromatic carbocycles. The Labute approximate surface area is 532 Å². The van der Waals surface area contributed by atoms with E-state index in [9.17, 15) is 55.2 Å². The highest BCUT2D eigenvalue weighted by Crippen LogP contribution is 2.41. The molecule has 0 bridgehead atoms. The molecule has 4 aromatic rings. The molecular weight excluding hydrogens is 1180 g/mol. The maximum absolute atomic E-state index is 14.3. The molecule has 2 amide bonds. The van der Waals surface area contributed by atoms with Crippen LogP contribution < -0.4 is 18.9 Å². The number of aliphatic hydroxyl groups is 6. The average Bonchev–Trinajstić information content (AvgIpc) is 1.77. The van der Waals surface area contributed by atoms with Crippen LogP contribution in [0.2, 0.25) is 0 Å². The number of amides is 2. The van der Waals surface area contributed by atoms with Crippen molar-refractivity contribution in [3.63, 3.8) is 0 Å². The van der Waals surface area contributed by atoms with Gasteiger partial charge in [0.15, 0.2) is 17.3 Å². The second-order valence-electron chi connectivity index (χ2n) is 24.1. The van der Waals surface area contributed by atoms with E-state index in [0.29, 0.717) is 62.1 Å². The van der Waals surface area contributed by atoms with Crippen molar-refractivity contribution in [2.24, 2.45) is 0 Å². The molecule has 502 valence electrons. The number of nitrogens with zero attached hydrogens (tertiary/aromatic N) is 5. The predicted molar refractivity (Wildman–Crippen MR) is 332 cm³/mol. The van der Waals surface area contributed by atoms with Crippen LogP contribution in [0.15, 0.2) is 54.6 Å². The zero-order valence-corrected chi connectivity index (χ0v) is 53.7. The lowest BCUT2D eigenvalue weighted by Gasteiger charge is -2.39. The van der Waals surface area contributed by atoms with Crippen molar-refractivity contribution in [2.75, 3.05) is 120 Å². The summed E-state index contributed by atoms with van der Waals surface area (Å²) in [6.07, 6.45) is -13.1. The summed E-state index contributed by atoms with van der Waals surface area (Å²) in [5, 5.41) is 84.1. The molecule has 4 fully saturated rings. The lowest BCUT2D eigenvalue weighted by atomic mass is 9.89. The molecule has 4 saturated heterocycles. The number of aromatic hydroxyl groups is 2. The first-order valence-electron chi connectivity index (χ1n) is 31.2. The van der Waals surface area contributed by atoms with Crippen LogP contribution in [0.5, 0.6) is 34.5 Å². The van der Waals surface area contributed by atoms with E-state index in [4.69, 9.17) is 42.6 Å². The number of piperazine rings is 1. The number of fused-ring (bicyclic) bond motifs is 1. The number of carbonyl (C=O) groups is 3. The fourth-order valence-corrected chi connectivity index (χ4v) is 11.8. The fourth-order valence-electron chi connectivity index (χ4n) is 11.8. The van der Waals surface area contributed by atoms with Crippen molar-refractivity contribution in [1.29, 1.82) is 0 Å². The molecule has 5 aliphatic rings. The summed E-state index contributed by atoms with van der Waals surface area (Å²) in [6.45, 7) is 19.9. The van der Waals surface area contributed by atoms with Crippen molar-refractivity contribution in [3.05, 3.63) is 105 Å². The third kappa shape index (κ3) is 17.3. The fraction of sp³-hybridized carbons (Fsp3) is 0.591. The number of likely N-dealkylation sites (N-methyl/N-ethyl adjacent to an activating group) is 1. The SMILES string of the molecule is CC(C)c1cc(C(=O)N2Cc3ccc(CN4CCN(C)CC4)cc3C2)c(O)cc1O[C@@H]1O[C@@H](C)[C@@H](O)[C@@H](O)[C@@H]1O.CCc1c(O[C@@H]2O[C@@H](C)[C@@H](O)[C@@H](O)[C@@H]2O)cc(O)c(C(=O)c2ccc(OCCN3CCOCC3)c(OC)c2)c1CC(=O)N(CCOC)CCOC. The Kier molecular flexibility index (Phi) is 25.2. The number of carbonyl (C=O) groups excluding carboxylic acids is 3. The maximum Gasteiger partial charge on any atom is 0.258 e. The van der Waals surface area contributed by atoms with E-state index in [0.717, 1.165) is 56.9 Å². The quantitative estimate of drug-likeness (QED) is 0.0467. The zero-order chi connectivity index (χ0) is 65.8. The van der Waals surface area contributed by atoms with Crippen molar-refractivity contribution in [1.82, 2.24) is 24.5 Å². The summed E-state index contributed by atoms with van der Waals surface area (Å²) in [7, 11) is 6.66. The highest BCUT2D eigenvalue weighted by atomic mass is 16.7. The first-order chi connectivity index (χ1) is 43.5. The molecule has 8 N–H and O–H groups in total. The van der Waals surface area contributed by atoms with E-state index in [1.807, 2.05) is 13.8 Å². The summed E-state index contributed by atoms with van der Waals surface area (Å²) < 4.78 is 50.5. The van der Waals surface area contributed by atoms with Crippen LogP contribution in [0.4, 0.5) is 0 Å². The van der Waals surface area contributed by atoms with Gasteiger partial charge in [-0.15, -0.1) is 0 Å². The lowest BCUT2D eigenvalue weighted by Crippen LogP contribution is -2.58. The molecule has 5 heterocycles. The number of hydrogen-bond acceptors (Lipinski definition) is 23. The van der Waals surface area contributed by atoms with Gasteiger partial charge in [0, 0.05) is 110 Å². The van der Waals surface area contributed by atoms with E-state index >= 15 is 0 Å². The molecule has 0 spiro atoms. The molecule has 0 saturated carbocycles. The summed E-state index contributed by atoms with van der Waals surface area (Å²) in [6, 6.07) is 15.4. The van der Waals surface area contributed by atoms with Gasteiger partial charge in [0.1, 0.15) is 66.2 Å². The summed E-state index contributed by atoms with van der Waals surface area (Å²) >= 11 is 0. The number of ether oxygens (including phenoxy) is 9. The van der Waals surface area contributed by atoms with E-state index in [-0.39, 0.29) is 96.4 Å². The number of methoxy groups -OCH3 is 3. The van der Waals surface area contributed by atoms with Crippen molar-refractivity contribution >= 4 is 17.6 Å². The minimum absolute atomic E-state index is 0.0381. The second-order valence-corrected chi connectivity index (χ2v) is 24.1. The Bertz CT molecular complexity index is 3080. The van der Waals surface area contributed by atoms with E-state index in [1.54, 1.807) is 41.8 Å². The summed E-state index contributed by atoms with van der Waals surface area (Å²) in [5.74, 6) is -0.957. The largest absolute Gasteiger partial charge is 0.507 e. The number of morpholine rings is 1. The number of hydrogen-bond donors (Lipinski definition) is 8. The van der Waals surface area contributed by atoms with Crippen LogP contribution in [0.3, 0.4) is 0 Å². The van der Waals surface area contributed by atoms with Gasteiger partial charge >= 0.3 is 0 Å². The Morgan fingerprint density at radius 3 is 1.85 bits per heavy atom. The smallest absolute Gasteiger partial charge is 0.258 e. The minimum atomic E-state index is -1.63. The standard InChI is InChI=1S/C36H52N2O13.C30H41N3O7/c1-6-24-25(20-30(40)38(12-14-45-3)13-15-46-4)31(26(39)21-28(24)51-36-35(44)34(43)32(41)22(2)50-36)33(42)23-7-8-27(29(19-23)47-5)49-18-11-37-9-16-48-17-10-37;1-17(2)22-12-23(24(34)13-25(22)40-30-28(37)27(36)26(35)18(3)39-30)29(38)33-15-20-6-5-19(11-21(20)16-33)14-32-9-7-31(4)8-10-32/h7-8,19,21-22,32,34-36,39,41,43-44H,6,9-18,20H2,1-5H3;5-6,11-13,17-18,26-28,30,34-37H,7-10,14-16H2,1-4H3/t22-,32+,34+,35-,36-;18-,26+,27+,28-,30-/m00/s1. The molecule has 10 atom stereocenters. The van der Waals surface area contributed by atoms with E-state index in [2.05, 4.69) is 39.9 Å². The third-order valence-corrected chi connectivity index (χ3v) is 17.4. The molecule has 91 heavy (non-hydrogen) atoms. The van der Waals surface area contributed by atoms with Crippen molar-refractivity contribution < 1.29 is 97.9 Å². The number of phenolic OH excluding ortho intramolecular Hbond substituents is 2. The highest BCUT2D eigenvalue weighted by molar-refractivity contribution is 6.13. The number of phenols is 2. The van der Waals surface area contributed by atoms with Gasteiger partial charge in [0.05, 0.1) is 63.3 Å². The number of ketones is 1. The van der Waals surface area contributed by atoms with Gasteiger partial charge < -0.3 is 98.2 Å². The lowest BCUT2D eigenvalue weighted by molar-refractivity contribution is -0.268. The van der Waals surface area contributed by atoms with Crippen molar-refractivity contribution in [3.8, 4) is 34.5 Å². The van der Waals surface area contributed by atoms with Crippen LogP contribution in [-0.4, -0.2) is 265 Å². The predicted octanol–water partition coefficient (Wildman–Crippen LogP) is 2.40. The molecule has 9 rings (SSSR count). The first kappa shape index (κ1) is 70.6. The van der Waals surface area contributed by atoms with Gasteiger partial charge in [-0.25, -0.2) is 0 Å². The summed E-state index contributed by atoms with van der Waals surface area (Å²) in [4.78, 5) is 52.1. The Hall–Kier alpha value is -6.27.